The number of hydrogen-bond donors (Lipinski definition) is 0. The Labute approximate surface area is 122 Å². The van der Waals surface area contributed by atoms with Crippen molar-refractivity contribution in [3.63, 3.8) is 0 Å². The highest BCUT2D eigenvalue weighted by Crippen LogP contribution is 2.34. The van der Waals surface area contributed by atoms with Crippen LogP contribution in [-0.2, 0) is 0 Å². The molecule has 0 fully saturated rings. The number of para-hydroxylation sites is 1. The summed E-state index contributed by atoms with van der Waals surface area (Å²) >= 11 is 0. The van der Waals surface area contributed by atoms with Gasteiger partial charge in [-0.25, -0.2) is 0 Å². The molecule has 0 amide bonds. The fraction of sp³-hybridized carbons (Fsp3) is 0.133. The van der Waals surface area contributed by atoms with E-state index in [1.807, 2.05) is 34.9 Å². The number of pyridine rings is 1. The van der Waals surface area contributed by atoms with Gasteiger partial charge in [0.1, 0.15) is 23.5 Å². The highest BCUT2D eigenvalue weighted by Gasteiger charge is 2.17. The largest absolute Gasteiger partial charge is 0.494 e. The van der Waals surface area contributed by atoms with Crippen molar-refractivity contribution in [1.29, 1.82) is 0 Å². The smallest absolute Gasteiger partial charge is 0.170 e. The van der Waals surface area contributed by atoms with Crippen LogP contribution in [-0.4, -0.2) is 34.0 Å². The van der Waals surface area contributed by atoms with Crippen molar-refractivity contribution in [1.82, 2.24) is 19.7 Å². The minimum atomic E-state index is 0.672. The second-order valence-electron chi connectivity index (χ2n) is 4.28. The van der Waals surface area contributed by atoms with Gasteiger partial charge in [0.05, 0.1) is 14.2 Å². The summed E-state index contributed by atoms with van der Waals surface area (Å²) in [5, 5.41) is 8.18. The zero-order chi connectivity index (χ0) is 14.7. The standard InChI is InChI=1S/C15H14N4O2/c1-20-12-6-3-7-13(21-2)14(12)19-10-17-18-15(19)11-5-4-8-16-9-11/h3-10H,1-2H3. The molecule has 6 nitrogen and oxygen atoms in total. The Morgan fingerprint density at radius 2 is 1.76 bits per heavy atom. The highest BCUT2D eigenvalue weighted by molar-refractivity contribution is 5.63. The number of aromatic nitrogens is 4. The van der Waals surface area contributed by atoms with Crippen molar-refractivity contribution in [2.24, 2.45) is 0 Å². The minimum absolute atomic E-state index is 0.672. The third-order valence-electron chi connectivity index (χ3n) is 3.11. The Morgan fingerprint density at radius 1 is 1.00 bits per heavy atom. The minimum Gasteiger partial charge on any atom is -0.494 e. The van der Waals surface area contributed by atoms with Crippen LogP contribution in [0.1, 0.15) is 0 Å². The average molecular weight is 282 g/mol. The quantitative estimate of drug-likeness (QED) is 0.735. The van der Waals surface area contributed by atoms with Gasteiger partial charge in [-0.2, -0.15) is 0 Å². The summed E-state index contributed by atoms with van der Waals surface area (Å²) < 4.78 is 12.7. The molecule has 0 radical (unpaired) electrons. The maximum Gasteiger partial charge on any atom is 0.170 e. The highest BCUT2D eigenvalue weighted by atomic mass is 16.5. The molecule has 21 heavy (non-hydrogen) atoms. The number of benzene rings is 1. The van der Waals surface area contributed by atoms with E-state index in [0.29, 0.717) is 17.3 Å². The van der Waals surface area contributed by atoms with Crippen LogP contribution in [0.4, 0.5) is 0 Å². The van der Waals surface area contributed by atoms with Crippen molar-refractivity contribution in [3.8, 4) is 28.6 Å². The van der Waals surface area contributed by atoms with Crippen LogP contribution in [0, 0.1) is 0 Å². The van der Waals surface area contributed by atoms with Crippen molar-refractivity contribution < 1.29 is 9.47 Å². The Balaban J connectivity index is 2.21. The molecule has 0 aliphatic rings. The van der Waals surface area contributed by atoms with Crippen LogP contribution >= 0.6 is 0 Å². The Bertz CT molecular complexity index is 718. The zero-order valence-corrected chi connectivity index (χ0v) is 11.7. The van der Waals surface area contributed by atoms with E-state index in [-0.39, 0.29) is 0 Å². The number of ether oxygens (including phenoxy) is 2. The summed E-state index contributed by atoms with van der Waals surface area (Å²) in [6, 6.07) is 9.38. The molecule has 0 saturated heterocycles. The summed E-state index contributed by atoms with van der Waals surface area (Å²) in [4.78, 5) is 4.12. The van der Waals surface area contributed by atoms with E-state index in [4.69, 9.17) is 9.47 Å². The van der Waals surface area contributed by atoms with Crippen LogP contribution in [0.15, 0.2) is 49.1 Å². The molecular weight excluding hydrogens is 268 g/mol. The number of rotatable bonds is 4. The Hall–Kier alpha value is -2.89. The molecule has 1 aromatic carbocycles. The fourth-order valence-electron chi connectivity index (χ4n) is 2.16. The molecule has 0 unspecified atom stereocenters. The molecule has 0 N–H and O–H groups in total. The summed E-state index contributed by atoms with van der Waals surface area (Å²) in [7, 11) is 3.23. The SMILES string of the molecule is COc1cccc(OC)c1-n1cnnc1-c1cccnc1. The molecule has 0 atom stereocenters. The van der Waals surface area contributed by atoms with Crippen LogP contribution in [0.5, 0.6) is 11.5 Å². The first kappa shape index (κ1) is 13.1. The van der Waals surface area contributed by atoms with Crippen LogP contribution < -0.4 is 9.47 Å². The van der Waals surface area contributed by atoms with Gasteiger partial charge in [0.2, 0.25) is 0 Å². The molecule has 2 aromatic heterocycles. The number of hydrogen-bond acceptors (Lipinski definition) is 5. The number of nitrogens with zero attached hydrogens (tertiary/aromatic N) is 4. The zero-order valence-electron chi connectivity index (χ0n) is 11.7. The van der Waals surface area contributed by atoms with E-state index in [0.717, 1.165) is 11.3 Å². The van der Waals surface area contributed by atoms with E-state index < -0.39 is 0 Å². The third-order valence-corrected chi connectivity index (χ3v) is 3.11. The van der Waals surface area contributed by atoms with Gasteiger partial charge < -0.3 is 9.47 Å². The van der Waals surface area contributed by atoms with Crippen molar-refractivity contribution in [2.45, 2.75) is 0 Å². The first-order chi connectivity index (χ1) is 10.3. The molecule has 0 saturated carbocycles. The van der Waals surface area contributed by atoms with E-state index in [9.17, 15) is 0 Å². The van der Waals surface area contributed by atoms with Gasteiger partial charge in [0, 0.05) is 18.0 Å². The lowest BCUT2D eigenvalue weighted by Gasteiger charge is -2.14. The van der Waals surface area contributed by atoms with Crippen molar-refractivity contribution >= 4 is 0 Å². The summed E-state index contributed by atoms with van der Waals surface area (Å²) in [5.41, 5.74) is 1.62. The second-order valence-corrected chi connectivity index (χ2v) is 4.28. The van der Waals surface area contributed by atoms with Crippen LogP contribution in [0.25, 0.3) is 17.1 Å². The van der Waals surface area contributed by atoms with E-state index in [1.54, 1.807) is 32.9 Å². The van der Waals surface area contributed by atoms with Gasteiger partial charge in [0.25, 0.3) is 0 Å². The first-order valence-electron chi connectivity index (χ1n) is 6.37. The molecule has 2 heterocycles. The lowest BCUT2D eigenvalue weighted by molar-refractivity contribution is 0.391. The third kappa shape index (κ3) is 2.31. The predicted molar refractivity (Wildman–Crippen MR) is 77.7 cm³/mol. The monoisotopic (exact) mass is 282 g/mol. The van der Waals surface area contributed by atoms with Gasteiger partial charge in [-0.1, -0.05) is 6.07 Å². The molecule has 3 aromatic rings. The molecular formula is C15H14N4O2. The van der Waals surface area contributed by atoms with Crippen LogP contribution in [0.2, 0.25) is 0 Å². The molecule has 106 valence electrons. The maximum atomic E-state index is 5.43. The molecule has 0 aliphatic heterocycles. The van der Waals surface area contributed by atoms with Crippen LogP contribution in [0.3, 0.4) is 0 Å². The van der Waals surface area contributed by atoms with Gasteiger partial charge in [0.15, 0.2) is 5.82 Å². The van der Waals surface area contributed by atoms with E-state index in [1.165, 1.54) is 0 Å². The molecule has 6 heteroatoms. The molecule has 0 bridgehead atoms. The lowest BCUT2D eigenvalue weighted by Crippen LogP contribution is -2.02. The average Bonchev–Trinajstić information content (AvgIpc) is 3.04. The van der Waals surface area contributed by atoms with Crippen molar-refractivity contribution in [3.05, 3.63) is 49.1 Å². The number of methoxy groups -OCH3 is 2. The topological polar surface area (TPSA) is 62.1 Å². The summed E-state index contributed by atoms with van der Waals surface area (Å²) in [6.07, 6.45) is 5.08. The Morgan fingerprint density at radius 3 is 2.38 bits per heavy atom. The van der Waals surface area contributed by atoms with Gasteiger partial charge in [-0.05, 0) is 24.3 Å². The second kappa shape index (κ2) is 5.62. The van der Waals surface area contributed by atoms with E-state index in [2.05, 4.69) is 15.2 Å². The Kier molecular flexibility index (Phi) is 3.51. The normalized spacial score (nSPS) is 10.4. The van der Waals surface area contributed by atoms with Gasteiger partial charge in [-0.3, -0.25) is 9.55 Å². The fourth-order valence-corrected chi connectivity index (χ4v) is 2.16. The molecule has 0 spiro atoms. The summed E-state index contributed by atoms with van der Waals surface area (Å²) in [6.45, 7) is 0. The molecule has 3 rings (SSSR count). The predicted octanol–water partition coefficient (Wildman–Crippen LogP) is 2.35. The van der Waals surface area contributed by atoms with Gasteiger partial charge in [-0.15, -0.1) is 10.2 Å². The van der Waals surface area contributed by atoms with Crippen molar-refractivity contribution in [2.75, 3.05) is 14.2 Å². The van der Waals surface area contributed by atoms with Gasteiger partial charge >= 0.3 is 0 Å². The molecule has 0 aliphatic carbocycles. The summed E-state index contributed by atoms with van der Waals surface area (Å²) in [5.74, 6) is 2.03. The first-order valence-corrected chi connectivity index (χ1v) is 6.37. The maximum absolute atomic E-state index is 5.43. The van der Waals surface area contributed by atoms with E-state index >= 15 is 0 Å². The lowest BCUT2D eigenvalue weighted by atomic mass is 10.2.